The van der Waals surface area contributed by atoms with Crippen molar-refractivity contribution in [2.24, 2.45) is 4.99 Å². The van der Waals surface area contributed by atoms with Crippen LogP contribution in [-0.2, 0) is 4.74 Å². The highest BCUT2D eigenvalue weighted by atomic mass is 16.5. The SMILES string of the molecule is CCCCC1OC(=O)c2cc(N=C(C)NO)ccc21. The predicted molar refractivity (Wildman–Crippen MR) is 71.8 cm³/mol. The summed E-state index contributed by atoms with van der Waals surface area (Å²) in [4.78, 5) is 15.9. The lowest BCUT2D eigenvalue weighted by molar-refractivity contribution is 0.0364. The lowest BCUT2D eigenvalue weighted by atomic mass is 10.0. The summed E-state index contributed by atoms with van der Waals surface area (Å²) in [5.41, 5.74) is 4.09. The minimum Gasteiger partial charge on any atom is -0.454 e. The molecule has 0 aromatic heterocycles. The lowest BCUT2D eigenvalue weighted by Crippen LogP contribution is -2.13. The van der Waals surface area contributed by atoms with Crippen molar-refractivity contribution in [2.45, 2.75) is 39.2 Å². The van der Waals surface area contributed by atoms with Crippen LogP contribution in [0.25, 0.3) is 0 Å². The molecule has 0 saturated carbocycles. The third-order valence-electron chi connectivity index (χ3n) is 3.13. The van der Waals surface area contributed by atoms with Crippen molar-refractivity contribution in [1.29, 1.82) is 0 Å². The first kappa shape index (κ1) is 13.5. The monoisotopic (exact) mass is 262 g/mol. The van der Waals surface area contributed by atoms with E-state index in [0.717, 1.165) is 24.8 Å². The van der Waals surface area contributed by atoms with Gasteiger partial charge in [-0.3, -0.25) is 10.7 Å². The normalized spacial score (nSPS) is 18.2. The van der Waals surface area contributed by atoms with Gasteiger partial charge in [-0.05, 0) is 31.9 Å². The zero-order chi connectivity index (χ0) is 13.8. The zero-order valence-electron chi connectivity index (χ0n) is 11.1. The summed E-state index contributed by atoms with van der Waals surface area (Å²) in [6.07, 6.45) is 2.84. The number of fused-ring (bicyclic) bond motifs is 1. The number of cyclic esters (lactones) is 1. The van der Waals surface area contributed by atoms with E-state index in [2.05, 4.69) is 11.9 Å². The van der Waals surface area contributed by atoms with Gasteiger partial charge in [0.25, 0.3) is 0 Å². The Bertz CT molecular complexity index is 511. The van der Waals surface area contributed by atoms with Crippen LogP contribution in [0.15, 0.2) is 23.2 Å². The maximum Gasteiger partial charge on any atom is 0.339 e. The first-order chi connectivity index (χ1) is 9.15. The molecule has 0 bridgehead atoms. The van der Waals surface area contributed by atoms with E-state index in [1.54, 1.807) is 13.0 Å². The average Bonchev–Trinajstić information content (AvgIpc) is 2.73. The largest absolute Gasteiger partial charge is 0.454 e. The molecular weight excluding hydrogens is 244 g/mol. The van der Waals surface area contributed by atoms with Crippen molar-refractivity contribution in [1.82, 2.24) is 5.48 Å². The van der Waals surface area contributed by atoms with Gasteiger partial charge >= 0.3 is 5.97 Å². The Kier molecular flexibility index (Phi) is 4.16. The molecule has 0 radical (unpaired) electrons. The predicted octanol–water partition coefficient (Wildman–Crippen LogP) is 3.12. The molecule has 1 aliphatic heterocycles. The maximum atomic E-state index is 11.8. The molecule has 1 atom stereocenters. The van der Waals surface area contributed by atoms with E-state index in [-0.39, 0.29) is 12.1 Å². The van der Waals surface area contributed by atoms with Crippen molar-refractivity contribution in [3.8, 4) is 0 Å². The molecule has 102 valence electrons. The molecule has 1 aromatic carbocycles. The van der Waals surface area contributed by atoms with Crippen LogP contribution in [0.3, 0.4) is 0 Å². The van der Waals surface area contributed by atoms with Gasteiger partial charge in [0.05, 0.1) is 11.3 Å². The summed E-state index contributed by atoms with van der Waals surface area (Å²) >= 11 is 0. The average molecular weight is 262 g/mol. The highest BCUT2D eigenvalue weighted by Gasteiger charge is 2.30. The first-order valence-corrected chi connectivity index (χ1v) is 6.46. The number of hydrogen-bond acceptors (Lipinski definition) is 4. The summed E-state index contributed by atoms with van der Waals surface area (Å²) in [7, 11) is 0. The van der Waals surface area contributed by atoms with E-state index in [0.29, 0.717) is 17.1 Å². The third kappa shape index (κ3) is 2.93. The topological polar surface area (TPSA) is 70.9 Å². The molecule has 0 saturated heterocycles. The highest BCUT2D eigenvalue weighted by molar-refractivity contribution is 5.95. The Labute approximate surface area is 112 Å². The molecule has 0 spiro atoms. The number of rotatable bonds is 4. The van der Waals surface area contributed by atoms with Crippen LogP contribution in [-0.4, -0.2) is 17.0 Å². The van der Waals surface area contributed by atoms with Gasteiger partial charge in [-0.2, -0.15) is 0 Å². The van der Waals surface area contributed by atoms with Crippen LogP contribution >= 0.6 is 0 Å². The summed E-state index contributed by atoms with van der Waals surface area (Å²) in [6, 6.07) is 5.40. The van der Waals surface area contributed by atoms with Gasteiger partial charge < -0.3 is 4.74 Å². The molecule has 0 amide bonds. The van der Waals surface area contributed by atoms with E-state index in [1.807, 2.05) is 17.6 Å². The van der Waals surface area contributed by atoms with Crippen LogP contribution in [0.4, 0.5) is 5.69 Å². The Morgan fingerprint density at radius 1 is 1.53 bits per heavy atom. The highest BCUT2D eigenvalue weighted by Crippen LogP contribution is 2.36. The summed E-state index contributed by atoms with van der Waals surface area (Å²) < 4.78 is 5.37. The molecule has 1 heterocycles. The molecule has 2 N–H and O–H groups in total. The summed E-state index contributed by atoms with van der Waals surface area (Å²) in [5.74, 6) is 0.0802. The van der Waals surface area contributed by atoms with Gasteiger partial charge in [0.15, 0.2) is 0 Å². The van der Waals surface area contributed by atoms with Crippen molar-refractivity contribution in [3.63, 3.8) is 0 Å². The standard InChI is InChI=1S/C14H18N2O3/c1-3-4-5-13-11-7-6-10(15-9(2)16-18)8-12(11)14(17)19-13/h6-8,13,18H,3-5H2,1-2H3,(H,15,16). The van der Waals surface area contributed by atoms with E-state index in [1.165, 1.54) is 0 Å². The number of carbonyl (C=O) groups is 1. The summed E-state index contributed by atoms with van der Waals surface area (Å²) in [5, 5.41) is 8.71. The molecule has 0 aliphatic carbocycles. The number of esters is 1. The quantitative estimate of drug-likeness (QED) is 0.378. The number of unbranched alkanes of at least 4 members (excludes halogenated alkanes) is 1. The van der Waals surface area contributed by atoms with Crippen molar-refractivity contribution >= 4 is 17.5 Å². The number of ether oxygens (including phenoxy) is 1. The number of amidine groups is 1. The molecule has 0 fully saturated rings. The van der Waals surface area contributed by atoms with E-state index < -0.39 is 0 Å². The van der Waals surface area contributed by atoms with Crippen molar-refractivity contribution < 1.29 is 14.7 Å². The Hall–Kier alpha value is -1.88. The molecule has 1 unspecified atom stereocenters. The van der Waals surface area contributed by atoms with Crippen LogP contribution < -0.4 is 5.48 Å². The van der Waals surface area contributed by atoms with Crippen molar-refractivity contribution in [3.05, 3.63) is 29.3 Å². The summed E-state index contributed by atoms with van der Waals surface area (Å²) in [6.45, 7) is 3.75. The van der Waals surface area contributed by atoms with Gasteiger partial charge in [-0.15, -0.1) is 0 Å². The van der Waals surface area contributed by atoms with Gasteiger partial charge in [-0.25, -0.2) is 9.79 Å². The molecule has 5 heteroatoms. The molecule has 1 aromatic rings. The van der Waals surface area contributed by atoms with Crippen molar-refractivity contribution in [2.75, 3.05) is 0 Å². The van der Waals surface area contributed by atoms with Gasteiger partial charge in [0.1, 0.15) is 11.9 Å². The second-order valence-corrected chi connectivity index (χ2v) is 4.62. The Balaban J connectivity index is 2.26. The fourth-order valence-electron chi connectivity index (χ4n) is 2.15. The minimum atomic E-state index is -0.289. The zero-order valence-corrected chi connectivity index (χ0v) is 11.1. The smallest absolute Gasteiger partial charge is 0.339 e. The number of benzene rings is 1. The Morgan fingerprint density at radius 2 is 2.32 bits per heavy atom. The van der Waals surface area contributed by atoms with Crippen LogP contribution in [0, 0.1) is 0 Å². The second kappa shape index (κ2) is 5.84. The second-order valence-electron chi connectivity index (χ2n) is 4.62. The fraction of sp³-hybridized carbons (Fsp3) is 0.429. The molecule has 1 aliphatic rings. The number of carbonyl (C=O) groups excluding carboxylic acids is 1. The van der Waals surface area contributed by atoms with Crippen LogP contribution in [0.1, 0.15) is 55.1 Å². The van der Waals surface area contributed by atoms with E-state index >= 15 is 0 Å². The number of aliphatic imine (C=N–C) groups is 1. The number of hydrogen-bond donors (Lipinski definition) is 2. The fourth-order valence-corrected chi connectivity index (χ4v) is 2.15. The molecule has 19 heavy (non-hydrogen) atoms. The van der Waals surface area contributed by atoms with Gasteiger partial charge in [0.2, 0.25) is 0 Å². The Morgan fingerprint density at radius 3 is 3.00 bits per heavy atom. The molecular formula is C14H18N2O3. The van der Waals surface area contributed by atoms with Gasteiger partial charge in [-0.1, -0.05) is 19.4 Å². The number of hydroxylamine groups is 1. The first-order valence-electron chi connectivity index (χ1n) is 6.46. The third-order valence-corrected chi connectivity index (χ3v) is 3.13. The van der Waals surface area contributed by atoms with E-state index in [9.17, 15) is 4.79 Å². The van der Waals surface area contributed by atoms with E-state index in [4.69, 9.17) is 9.94 Å². The van der Waals surface area contributed by atoms with Crippen LogP contribution in [0.2, 0.25) is 0 Å². The molecule has 5 nitrogen and oxygen atoms in total. The number of nitrogens with zero attached hydrogens (tertiary/aromatic N) is 1. The molecule has 2 rings (SSSR count). The van der Waals surface area contributed by atoms with Crippen LogP contribution in [0.5, 0.6) is 0 Å². The maximum absolute atomic E-state index is 11.8. The number of nitrogens with one attached hydrogen (secondary N) is 1. The lowest BCUT2D eigenvalue weighted by Gasteiger charge is -2.09. The minimum absolute atomic E-state index is 0.127. The van der Waals surface area contributed by atoms with Gasteiger partial charge in [0, 0.05) is 5.56 Å².